The molecule has 1 heteroatoms. The first kappa shape index (κ1) is 8.60. The quantitative estimate of drug-likeness (QED) is 0.652. The standard InChI is InChI=1S/C11H13N/c1-3-4-5-6-10(2)11-7-8-12-9-11/h3-9,12H,2H2,1H3/b4-3-,6-5-. The van der Waals surface area contributed by atoms with Crippen LogP contribution in [0.5, 0.6) is 0 Å². The van der Waals surface area contributed by atoms with Crippen LogP contribution in [0.4, 0.5) is 0 Å². The van der Waals surface area contributed by atoms with Gasteiger partial charge in [-0.15, -0.1) is 0 Å². The van der Waals surface area contributed by atoms with Gasteiger partial charge in [-0.25, -0.2) is 0 Å². The predicted octanol–water partition coefficient (Wildman–Crippen LogP) is 3.16. The molecule has 0 aliphatic carbocycles. The van der Waals surface area contributed by atoms with E-state index in [-0.39, 0.29) is 0 Å². The minimum Gasteiger partial charge on any atom is -0.367 e. The highest BCUT2D eigenvalue weighted by Gasteiger charge is 1.91. The van der Waals surface area contributed by atoms with Crippen LogP contribution >= 0.6 is 0 Å². The van der Waals surface area contributed by atoms with Gasteiger partial charge in [0.05, 0.1) is 0 Å². The zero-order valence-electron chi connectivity index (χ0n) is 7.25. The SMILES string of the molecule is C=C(/C=C\C=C/C)c1cc[nH]c1. The number of H-pyrrole nitrogens is 1. The van der Waals surface area contributed by atoms with E-state index in [9.17, 15) is 0 Å². The van der Waals surface area contributed by atoms with Gasteiger partial charge < -0.3 is 4.98 Å². The Morgan fingerprint density at radius 2 is 2.33 bits per heavy atom. The summed E-state index contributed by atoms with van der Waals surface area (Å²) in [5.41, 5.74) is 2.16. The van der Waals surface area contributed by atoms with Gasteiger partial charge in [-0.05, 0) is 24.1 Å². The monoisotopic (exact) mass is 159 g/mol. The first-order chi connectivity index (χ1) is 5.84. The molecule has 62 valence electrons. The lowest BCUT2D eigenvalue weighted by atomic mass is 10.1. The molecular formula is C11H13N. The van der Waals surface area contributed by atoms with Crippen LogP contribution in [-0.2, 0) is 0 Å². The molecule has 12 heavy (non-hydrogen) atoms. The minimum absolute atomic E-state index is 1.02. The van der Waals surface area contributed by atoms with Gasteiger partial charge >= 0.3 is 0 Å². The number of hydrogen-bond donors (Lipinski definition) is 1. The lowest BCUT2D eigenvalue weighted by Crippen LogP contribution is -1.70. The Balaban J connectivity index is 2.61. The van der Waals surface area contributed by atoms with Gasteiger partial charge in [-0.2, -0.15) is 0 Å². The molecule has 1 N–H and O–H groups in total. The van der Waals surface area contributed by atoms with Gasteiger partial charge in [0, 0.05) is 12.4 Å². The Morgan fingerprint density at radius 1 is 1.50 bits per heavy atom. The summed E-state index contributed by atoms with van der Waals surface area (Å²) in [4.78, 5) is 2.99. The average Bonchev–Trinajstić information content (AvgIpc) is 2.56. The predicted molar refractivity (Wildman–Crippen MR) is 53.8 cm³/mol. The first-order valence-corrected chi connectivity index (χ1v) is 3.96. The molecule has 0 fully saturated rings. The van der Waals surface area contributed by atoms with Crippen molar-refractivity contribution in [1.82, 2.24) is 4.98 Å². The normalized spacial score (nSPS) is 11.4. The van der Waals surface area contributed by atoms with Crippen molar-refractivity contribution in [1.29, 1.82) is 0 Å². The summed E-state index contributed by atoms with van der Waals surface area (Å²) in [6.45, 7) is 5.92. The zero-order chi connectivity index (χ0) is 8.81. The number of hydrogen-bond acceptors (Lipinski definition) is 0. The van der Waals surface area contributed by atoms with Gasteiger partial charge in [-0.3, -0.25) is 0 Å². The molecule has 0 aliphatic rings. The van der Waals surface area contributed by atoms with Crippen molar-refractivity contribution in [3.8, 4) is 0 Å². The van der Waals surface area contributed by atoms with Crippen LogP contribution in [0.3, 0.4) is 0 Å². The Bertz CT molecular complexity index is 289. The maximum atomic E-state index is 3.93. The molecule has 0 aromatic carbocycles. The van der Waals surface area contributed by atoms with Crippen LogP contribution in [-0.4, -0.2) is 4.98 Å². The Kier molecular flexibility index (Phi) is 3.15. The van der Waals surface area contributed by atoms with E-state index in [1.54, 1.807) is 0 Å². The fraction of sp³-hybridized carbons (Fsp3) is 0.0909. The smallest absolute Gasteiger partial charge is 0.00839 e. The van der Waals surface area contributed by atoms with Crippen LogP contribution in [0.15, 0.2) is 49.3 Å². The summed E-state index contributed by atoms with van der Waals surface area (Å²) in [5, 5.41) is 0. The van der Waals surface area contributed by atoms with E-state index < -0.39 is 0 Å². The number of aromatic nitrogens is 1. The van der Waals surface area contributed by atoms with Crippen LogP contribution in [0, 0.1) is 0 Å². The second kappa shape index (κ2) is 4.39. The van der Waals surface area contributed by atoms with Gasteiger partial charge in [0.1, 0.15) is 0 Å². The minimum atomic E-state index is 1.02. The van der Waals surface area contributed by atoms with Crippen molar-refractivity contribution >= 4 is 5.57 Å². The molecule has 0 radical (unpaired) electrons. The molecule has 0 unspecified atom stereocenters. The molecule has 1 aromatic rings. The molecule has 0 aliphatic heterocycles. The van der Waals surface area contributed by atoms with Crippen molar-refractivity contribution in [3.63, 3.8) is 0 Å². The van der Waals surface area contributed by atoms with E-state index >= 15 is 0 Å². The highest BCUT2D eigenvalue weighted by atomic mass is 14.6. The summed E-state index contributed by atoms with van der Waals surface area (Å²) < 4.78 is 0. The lowest BCUT2D eigenvalue weighted by Gasteiger charge is -1.91. The molecule has 0 amide bonds. The van der Waals surface area contributed by atoms with Crippen molar-refractivity contribution in [2.75, 3.05) is 0 Å². The van der Waals surface area contributed by atoms with Crippen LogP contribution in [0.1, 0.15) is 12.5 Å². The highest BCUT2D eigenvalue weighted by Crippen LogP contribution is 2.11. The number of aromatic amines is 1. The van der Waals surface area contributed by atoms with Gasteiger partial charge in [0.25, 0.3) is 0 Å². The number of rotatable bonds is 3. The van der Waals surface area contributed by atoms with E-state index in [0.29, 0.717) is 0 Å². The molecule has 0 saturated carbocycles. The first-order valence-electron chi connectivity index (χ1n) is 3.96. The molecule has 0 spiro atoms. The second-order valence-electron chi connectivity index (χ2n) is 2.51. The molecule has 0 atom stereocenters. The Hall–Kier alpha value is -1.50. The Morgan fingerprint density at radius 3 is 2.92 bits per heavy atom. The van der Waals surface area contributed by atoms with E-state index in [0.717, 1.165) is 11.1 Å². The van der Waals surface area contributed by atoms with Crippen LogP contribution in [0.25, 0.3) is 5.57 Å². The molecule has 1 rings (SSSR count). The lowest BCUT2D eigenvalue weighted by molar-refractivity contribution is 1.41. The number of nitrogens with one attached hydrogen (secondary N) is 1. The van der Waals surface area contributed by atoms with Crippen molar-refractivity contribution in [2.24, 2.45) is 0 Å². The van der Waals surface area contributed by atoms with E-state index in [4.69, 9.17) is 0 Å². The molecule has 0 bridgehead atoms. The summed E-state index contributed by atoms with van der Waals surface area (Å²) in [6.07, 6.45) is 11.8. The second-order valence-corrected chi connectivity index (χ2v) is 2.51. The average molecular weight is 159 g/mol. The van der Waals surface area contributed by atoms with E-state index in [1.165, 1.54) is 0 Å². The summed E-state index contributed by atoms with van der Waals surface area (Å²) in [6, 6.07) is 2.00. The highest BCUT2D eigenvalue weighted by molar-refractivity contribution is 5.71. The molecule has 0 saturated heterocycles. The molecule has 1 aromatic heterocycles. The van der Waals surface area contributed by atoms with Gasteiger partial charge in [-0.1, -0.05) is 30.9 Å². The summed E-state index contributed by atoms with van der Waals surface area (Å²) in [7, 11) is 0. The van der Waals surface area contributed by atoms with Crippen LogP contribution < -0.4 is 0 Å². The Labute approximate surface area is 73.1 Å². The summed E-state index contributed by atoms with van der Waals surface area (Å²) in [5.74, 6) is 0. The van der Waals surface area contributed by atoms with E-state index in [2.05, 4.69) is 11.6 Å². The zero-order valence-corrected chi connectivity index (χ0v) is 7.25. The topological polar surface area (TPSA) is 15.8 Å². The van der Waals surface area contributed by atoms with Crippen molar-refractivity contribution < 1.29 is 0 Å². The molecule has 1 heterocycles. The van der Waals surface area contributed by atoms with Gasteiger partial charge in [0.2, 0.25) is 0 Å². The van der Waals surface area contributed by atoms with Crippen molar-refractivity contribution in [2.45, 2.75) is 6.92 Å². The molecular weight excluding hydrogens is 146 g/mol. The molecule has 1 nitrogen and oxygen atoms in total. The maximum Gasteiger partial charge on any atom is 0.00839 e. The van der Waals surface area contributed by atoms with Crippen molar-refractivity contribution in [3.05, 3.63) is 54.9 Å². The fourth-order valence-electron chi connectivity index (χ4n) is 0.903. The van der Waals surface area contributed by atoms with Crippen LogP contribution in [0.2, 0.25) is 0 Å². The van der Waals surface area contributed by atoms with E-state index in [1.807, 2.05) is 49.7 Å². The maximum absolute atomic E-state index is 3.93. The van der Waals surface area contributed by atoms with Gasteiger partial charge in [0.15, 0.2) is 0 Å². The largest absolute Gasteiger partial charge is 0.367 e. The third-order valence-corrected chi connectivity index (χ3v) is 1.57. The summed E-state index contributed by atoms with van der Waals surface area (Å²) >= 11 is 0. The third kappa shape index (κ3) is 2.27. The third-order valence-electron chi connectivity index (χ3n) is 1.57. The number of allylic oxidation sites excluding steroid dienone is 5. The fourth-order valence-corrected chi connectivity index (χ4v) is 0.903.